The second-order valence-corrected chi connectivity index (χ2v) is 6.85. The number of carbonyl (C=O) groups is 1. The summed E-state index contributed by atoms with van der Waals surface area (Å²) in [5.74, 6) is -2.76. The average Bonchev–Trinajstić information content (AvgIpc) is 2.94. The molecule has 0 spiro atoms. The Bertz CT molecular complexity index is 646. The number of rotatable bonds is 4. The summed E-state index contributed by atoms with van der Waals surface area (Å²) in [5, 5.41) is 18.3. The Morgan fingerprint density at radius 1 is 1.42 bits per heavy atom. The molecule has 0 amide bonds. The molecule has 1 aromatic carbocycles. The van der Waals surface area contributed by atoms with Crippen molar-refractivity contribution >= 4 is 15.8 Å². The Hall–Kier alpha value is -1.63. The first-order valence-electron chi connectivity index (χ1n) is 5.61. The summed E-state index contributed by atoms with van der Waals surface area (Å²) < 4.78 is 37.2. The molecule has 0 aromatic heterocycles. The van der Waals surface area contributed by atoms with Crippen LogP contribution >= 0.6 is 0 Å². The van der Waals surface area contributed by atoms with Gasteiger partial charge in [-0.25, -0.2) is 12.8 Å². The minimum Gasteiger partial charge on any atom is -0.506 e. The van der Waals surface area contributed by atoms with Crippen molar-refractivity contribution < 1.29 is 27.8 Å². The molecule has 0 aliphatic heterocycles. The number of phenolic OH excluding ortho intramolecular Hbond substituents is 1. The van der Waals surface area contributed by atoms with Crippen LogP contribution in [0.3, 0.4) is 0 Å². The van der Waals surface area contributed by atoms with E-state index in [0.717, 1.165) is 12.3 Å². The van der Waals surface area contributed by atoms with Crippen LogP contribution in [0.15, 0.2) is 17.0 Å². The number of carboxylic acids is 1. The molecule has 5 nitrogen and oxygen atoms in total. The lowest BCUT2D eigenvalue weighted by Crippen LogP contribution is -2.16. The molecule has 104 valence electrons. The number of sulfone groups is 1. The van der Waals surface area contributed by atoms with Gasteiger partial charge in [0.25, 0.3) is 0 Å². The van der Waals surface area contributed by atoms with Crippen molar-refractivity contribution in [2.24, 2.45) is 0 Å². The Morgan fingerprint density at radius 3 is 2.42 bits per heavy atom. The standard InChI is InChI=1S/C12H13FO5S/c1-19(17,18)11-8(14)3-2-7(10(11)13)12(4-5-12)6-9(15)16/h2-3,14H,4-6H2,1H3,(H,15,16). The van der Waals surface area contributed by atoms with Crippen molar-refractivity contribution in [3.8, 4) is 5.75 Å². The van der Waals surface area contributed by atoms with Crippen LogP contribution in [0.2, 0.25) is 0 Å². The Labute approximate surface area is 109 Å². The number of halogens is 1. The summed E-state index contributed by atoms with van der Waals surface area (Å²) in [5.41, 5.74) is -0.795. The second-order valence-electron chi connectivity index (χ2n) is 4.90. The smallest absolute Gasteiger partial charge is 0.304 e. The van der Waals surface area contributed by atoms with Crippen LogP contribution in [-0.4, -0.2) is 30.9 Å². The van der Waals surface area contributed by atoms with Gasteiger partial charge in [-0.05, 0) is 24.5 Å². The summed E-state index contributed by atoms with van der Waals surface area (Å²) in [6.45, 7) is 0. The number of aliphatic carboxylic acids is 1. The molecule has 0 saturated heterocycles. The molecule has 0 bridgehead atoms. The maximum absolute atomic E-state index is 14.3. The molecule has 1 aliphatic carbocycles. The highest BCUT2D eigenvalue weighted by Crippen LogP contribution is 2.53. The average molecular weight is 288 g/mol. The van der Waals surface area contributed by atoms with Gasteiger partial charge in [-0.15, -0.1) is 0 Å². The van der Waals surface area contributed by atoms with Gasteiger partial charge in [0.2, 0.25) is 0 Å². The summed E-state index contributed by atoms with van der Waals surface area (Å²) >= 11 is 0. The quantitative estimate of drug-likeness (QED) is 0.874. The van der Waals surface area contributed by atoms with Crippen LogP contribution in [0.1, 0.15) is 24.8 Å². The van der Waals surface area contributed by atoms with Crippen molar-refractivity contribution in [2.75, 3.05) is 6.26 Å². The minimum atomic E-state index is -3.92. The molecule has 19 heavy (non-hydrogen) atoms. The number of carboxylic acid groups (broad SMARTS) is 1. The molecule has 0 atom stereocenters. The zero-order valence-electron chi connectivity index (χ0n) is 10.2. The maximum atomic E-state index is 14.3. The predicted molar refractivity (Wildman–Crippen MR) is 64.3 cm³/mol. The van der Waals surface area contributed by atoms with E-state index in [1.165, 1.54) is 6.07 Å². The van der Waals surface area contributed by atoms with Crippen LogP contribution in [0.4, 0.5) is 4.39 Å². The van der Waals surface area contributed by atoms with E-state index in [1.807, 2.05) is 0 Å². The van der Waals surface area contributed by atoms with Crippen molar-refractivity contribution in [2.45, 2.75) is 29.6 Å². The van der Waals surface area contributed by atoms with Gasteiger partial charge in [0.15, 0.2) is 9.84 Å². The molecule has 7 heteroatoms. The fraction of sp³-hybridized carbons (Fsp3) is 0.417. The Balaban J connectivity index is 2.59. The number of phenols is 1. The van der Waals surface area contributed by atoms with Crippen LogP contribution in [0, 0.1) is 5.82 Å². The lowest BCUT2D eigenvalue weighted by atomic mass is 9.92. The van der Waals surface area contributed by atoms with Crippen molar-refractivity contribution in [1.29, 1.82) is 0 Å². The number of aromatic hydroxyl groups is 1. The molecule has 0 unspecified atom stereocenters. The normalized spacial score (nSPS) is 17.2. The van der Waals surface area contributed by atoms with Gasteiger partial charge in [-0.1, -0.05) is 6.07 Å². The fourth-order valence-corrected chi connectivity index (χ4v) is 3.17. The van der Waals surface area contributed by atoms with Crippen molar-refractivity contribution in [3.63, 3.8) is 0 Å². The fourth-order valence-electron chi connectivity index (χ4n) is 2.29. The van der Waals surface area contributed by atoms with E-state index < -0.39 is 37.7 Å². The van der Waals surface area contributed by atoms with Crippen LogP contribution in [0.5, 0.6) is 5.75 Å². The third-order valence-corrected chi connectivity index (χ3v) is 4.49. The van der Waals surface area contributed by atoms with Gasteiger partial charge in [0, 0.05) is 11.7 Å². The summed E-state index contributed by atoms with van der Waals surface area (Å²) in [4.78, 5) is 10.0. The minimum absolute atomic E-state index is 0.0492. The van der Waals surface area contributed by atoms with Gasteiger partial charge in [-0.3, -0.25) is 4.79 Å². The third kappa shape index (κ3) is 2.42. The van der Waals surface area contributed by atoms with E-state index in [2.05, 4.69) is 0 Å². The Kier molecular flexibility index (Phi) is 3.04. The third-order valence-electron chi connectivity index (χ3n) is 3.36. The van der Waals surface area contributed by atoms with Gasteiger partial charge in [0.05, 0.1) is 6.42 Å². The van der Waals surface area contributed by atoms with Gasteiger partial charge < -0.3 is 10.2 Å². The van der Waals surface area contributed by atoms with E-state index in [1.54, 1.807) is 0 Å². The molecule has 1 aliphatic rings. The van der Waals surface area contributed by atoms with Crippen LogP contribution in [0.25, 0.3) is 0 Å². The SMILES string of the molecule is CS(=O)(=O)c1c(O)ccc(C2(CC(=O)O)CC2)c1F. The summed E-state index contributed by atoms with van der Waals surface area (Å²) in [6, 6.07) is 2.35. The molecular weight excluding hydrogens is 275 g/mol. The second kappa shape index (κ2) is 4.19. The predicted octanol–water partition coefficient (Wildman–Crippen LogP) is 1.44. The lowest BCUT2D eigenvalue weighted by molar-refractivity contribution is -0.137. The molecule has 2 rings (SSSR count). The first kappa shape index (κ1) is 13.8. The zero-order valence-corrected chi connectivity index (χ0v) is 11.0. The molecule has 1 saturated carbocycles. The summed E-state index contributed by atoms with van der Waals surface area (Å²) in [6.07, 6.45) is 1.53. The molecule has 0 heterocycles. The maximum Gasteiger partial charge on any atom is 0.304 e. The highest BCUT2D eigenvalue weighted by atomic mass is 32.2. The summed E-state index contributed by atoms with van der Waals surface area (Å²) in [7, 11) is -3.92. The van der Waals surface area contributed by atoms with E-state index >= 15 is 0 Å². The molecule has 1 aromatic rings. The number of benzene rings is 1. The number of hydrogen-bond donors (Lipinski definition) is 2. The van der Waals surface area contributed by atoms with Crippen molar-refractivity contribution in [3.05, 3.63) is 23.5 Å². The monoisotopic (exact) mass is 288 g/mol. The largest absolute Gasteiger partial charge is 0.506 e. The van der Waals surface area contributed by atoms with Gasteiger partial charge >= 0.3 is 5.97 Å². The zero-order chi connectivity index (χ0) is 14.4. The van der Waals surface area contributed by atoms with Gasteiger partial charge in [0.1, 0.15) is 16.5 Å². The van der Waals surface area contributed by atoms with Crippen LogP contribution in [-0.2, 0) is 20.0 Å². The Morgan fingerprint density at radius 2 is 2.00 bits per heavy atom. The van der Waals surface area contributed by atoms with Crippen molar-refractivity contribution in [1.82, 2.24) is 0 Å². The molecular formula is C12H13FO5S. The van der Waals surface area contributed by atoms with E-state index in [4.69, 9.17) is 5.11 Å². The molecule has 0 radical (unpaired) electrons. The van der Waals surface area contributed by atoms with E-state index in [0.29, 0.717) is 12.8 Å². The molecule has 1 fully saturated rings. The molecule has 2 N–H and O–H groups in total. The van der Waals surface area contributed by atoms with E-state index in [-0.39, 0.29) is 12.0 Å². The number of hydrogen-bond acceptors (Lipinski definition) is 4. The van der Waals surface area contributed by atoms with Crippen LogP contribution < -0.4 is 0 Å². The van der Waals surface area contributed by atoms with E-state index in [9.17, 15) is 22.7 Å². The topological polar surface area (TPSA) is 91.7 Å². The van der Waals surface area contributed by atoms with Gasteiger partial charge in [-0.2, -0.15) is 0 Å². The highest BCUT2D eigenvalue weighted by Gasteiger charge is 2.48. The lowest BCUT2D eigenvalue weighted by Gasteiger charge is -2.16. The highest BCUT2D eigenvalue weighted by molar-refractivity contribution is 7.90. The first-order chi connectivity index (χ1) is 8.67. The first-order valence-corrected chi connectivity index (χ1v) is 7.50.